The summed E-state index contributed by atoms with van der Waals surface area (Å²) >= 11 is 0. The first-order valence-corrected chi connectivity index (χ1v) is 10.8. The van der Waals surface area contributed by atoms with Gasteiger partial charge in [-0.25, -0.2) is 0 Å². The lowest BCUT2D eigenvalue weighted by Gasteiger charge is -2.32. The van der Waals surface area contributed by atoms with E-state index in [-0.39, 0.29) is 23.7 Å². The lowest BCUT2D eigenvalue weighted by atomic mass is 9.79. The van der Waals surface area contributed by atoms with Gasteiger partial charge in [-0.1, -0.05) is 44.2 Å². The van der Waals surface area contributed by atoms with Crippen molar-refractivity contribution in [2.45, 2.75) is 72.0 Å². The van der Waals surface area contributed by atoms with Gasteiger partial charge in [0.1, 0.15) is 0 Å². The SMILES string of the molecule is C/C=C\C1=C(C)c2ccc(-c3ccc(B4OC(C)(C)C(C)(C)O4)cn3)cc2C1(C)C. The van der Waals surface area contributed by atoms with Crippen LogP contribution in [0.15, 0.2) is 54.3 Å². The van der Waals surface area contributed by atoms with Crippen LogP contribution >= 0.6 is 0 Å². The van der Waals surface area contributed by atoms with Crippen molar-refractivity contribution in [2.75, 3.05) is 0 Å². The molecule has 156 valence electrons. The maximum atomic E-state index is 6.16. The van der Waals surface area contributed by atoms with E-state index in [4.69, 9.17) is 14.3 Å². The summed E-state index contributed by atoms with van der Waals surface area (Å²) in [7, 11) is -0.384. The molecule has 0 saturated carbocycles. The predicted octanol–water partition coefficient (Wildman–Crippen LogP) is 5.69. The zero-order chi connectivity index (χ0) is 21.9. The first-order chi connectivity index (χ1) is 14.0. The number of aromatic nitrogens is 1. The molecule has 1 aromatic heterocycles. The maximum Gasteiger partial charge on any atom is 0.496 e. The van der Waals surface area contributed by atoms with E-state index in [0.29, 0.717) is 0 Å². The minimum Gasteiger partial charge on any atom is -0.399 e. The van der Waals surface area contributed by atoms with Crippen LogP contribution in [0.4, 0.5) is 0 Å². The lowest BCUT2D eigenvalue weighted by Crippen LogP contribution is -2.41. The molecule has 2 heterocycles. The summed E-state index contributed by atoms with van der Waals surface area (Å²) in [6.07, 6.45) is 6.25. The number of rotatable bonds is 3. The van der Waals surface area contributed by atoms with Gasteiger partial charge in [-0.3, -0.25) is 4.98 Å². The predicted molar refractivity (Wildman–Crippen MR) is 126 cm³/mol. The molecule has 1 fully saturated rings. The minimum atomic E-state index is -0.384. The summed E-state index contributed by atoms with van der Waals surface area (Å²) in [4.78, 5) is 4.75. The molecule has 0 spiro atoms. The molecule has 1 aromatic carbocycles. The fourth-order valence-electron chi connectivity index (χ4n) is 4.50. The average molecular weight is 401 g/mol. The Morgan fingerprint density at radius 2 is 1.60 bits per heavy atom. The van der Waals surface area contributed by atoms with Crippen molar-refractivity contribution in [3.63, 3.8) is 0 Å². The number of hydrogen-bond acceptors (Lipinski definition) is 3. The third-order valence-corrected chi connectivity index (χ3v) is 7.12. The van der Waals surface area contributed by atoms with Gasteiger partial charge in [0.15, 0.2) is 0 Å². The Labute approximate surface area is 181 Å². The molecule has 30 heavy (non-hydrogen) atoms. The van der Waals surface area contributed by atoms with Crippen LogP contribution in [0.25, 0.3) is 16.8 Å². The highest BCUT2D eigenvalue weighted by Crippen LogP contribution is 2.47. The molecule has 2 aliphatic rings. The number of nitrogens with zero attached hydrogens (tertiary/aromatic N) is 1. The topological polar surface area (TPSA) is 31.4 Å². The van der Waals surface area contributed by atoms with Crippen molar-refractivity contribution in [3.8, 4) is 11.3 Å². The van der Waals surface area contributed by atoms with Gasteiger partial charge >= 0.3 is 7.12 Å². The van der Waals surface area contributed by atoms with E-state index < -0.39 is 0 Å². The van der Waals surface area contributed by atoms with Crippen molar-refractivity contribution in [1.82, 2.24) is 4.98 Å². The second kappa shape index (κ2) is 6.93. The molecule has 0 unspecified atom stereocenters. The van der Waals surface area contributed by atoms with Crippen LogP contribution < -0.4 is 5.46 Å². The molecule has 2 aromatic rings. The summed E-state index contributed by atoms with van der Waals surface area (Å²) in [5, 5.41) is 0. The van der Waals surface area contributed by atoms with E-state index in [1.54, 1.807) is 0 Å². The number of pyridine rings is 1. The molecule has 1 aliphatic heterocycles. The lowest BCUT2D eigenvalue weighted by molar-refractivity contribution is 0.00578. The fraction of sp³-hybridized carbons (Fsp3) is 0.423. The number of allylic oxidation sites excluding steroid dienone is 4. The molecule has 0 bridgehead atoms. The van der Waals surface area contributed by atoms with E-state index in [0.717, 1.165) is 16.7 Å². The second-order valence-electron chi connectivity index (χ2n) is 9.99. The van der Waals surface area contributed by atoms with Crippen LogP contribution in [0, 0.1) is 0 Å². The molecule has 0 amide bonds. The molecule has 0 atom stereocenters. The van der Waals surface area contributed by atoms with Crippen molar-refractivity contribution in [2.24, 2.45) is 0 Å². The van der Waals surface area contributed by atoms with E-state index >= 15 is 0 Å². The first-order valence-electron chi connectivity index (χ1n) is 10.8. The standard InChI is InChI=1S/C26H32BNO2/c1-9-10-21-17(2)20-13-11-18(15-22(20)24(21,3)4)23-14-12-19(16-28-23)27-29-25(5,6)26(7,8)30-27/h9-16H,1-8H3/b10-9-. The van der Waals surface area contributed by atoms with Crippen LogP contribution in [0.2, 0.25) is 0 Å². The zero-order valence-electron chi connectivity index (χ0n) is 19.5. The van der Waals surface area contributed by atoms with E-state index in [1.807, 2.05) is 6.20 Å². The Bertz CT molecular complexity index is 1030. The van der Waals surface area contributed by atoms with Gasteiger partial charge in [-0.15, -0.1) is 0 Å². The van der Waals surface area contributed by atoms with E-state index in [9.17, 15) is 0 Å². The summed E-state index contributed by atoms with van der Waals surface area (Å²) in [5.74, 6) is 0. The summed E-state index contributed by atoms with van der Waals surface area (Å²) in [5.41, 5.74) is 7.80. The Kier molecular flexibility index (Phi) is 4.87. The second-order valence-corrected chi connectivity index (χ2v) is 9.99. The molecule has 4 rings (SSSR count). The van der Waals surface area contributed by atoms with Crippen molar-refractivity contribution < 1.29 is 9.31 Å². The van der Waals surface area contributed by atoms with Gasteiger partial charge < -0.3 is 9.31 Å². The molecule has 0 N–H and O–H groups in total. The summed E-state index contributed by atoms with van der Waals surface area (Å²) in [6.45, 7) is 17.2. The van der Waals surface area contributed by atoms with Crippen LogP contribution in [0.3, 0.4) is 0 Å². The number of fused-ring (bicyclic) bond motifs is 1. The Morgan fingerprint density at radius 1 is 0.933 bits per heavy atom. The highest BCUT2D eigenvalue weighted by Gasteiger charge is 2.51. The van der Waals surface area contributed by atoms with E-state index in [1.165, 1.54) is 22.3 Å². The Balaban J connectivity index is 1.63. The quantitative estimate of drug-likeness (QED) is 0.620. The molecule has 1 aliphatic carbocycles. The number of hydrogen-bond donors (Lipinski definition) is 0. The Hall–Kier alpha value is -2.17. The fourth-order valence-corrected chi connectivity index (χ4v) is 4.50. The van der Waals surface area contributed by atoms with Gasteiger partial charge in [0, 0.05) is 22.6 Å². The van der Waals surface area contributed by atoms with Gasteiger partial charge in [0.2, 0.25) is 0 Å². The normalized spacial score (nSPS) is 21.5. The third-order valence-electron chi connectivity index (χ3n) is 7.12. The van der Waals surface area contributed by atoms with Crippen LogP contribution in [0.1, 0.15) is 66.5 Å². The van der Waals surface area contributed by atoms with Gasteiger partial charge in [0.25, 0.3) is 0 Å². The average Bonchev–Trinajstić information content (AvgIpc) is 3.02. The largest absolute Gasteiger partial charge is 0.496 e. The zero-order valence-corrected chi connectivity index (χ0v) is 19.5. The molecule has 4 heteroatoms. The molecule has 0 radical (unpaired) electrons. The Morgan fingerprint density at radius 3 is 2.17 bits per heavy atom. The van der Waals surface area contributed by atoms with Crippen LogP contribution in [0.5, 0.6) is 0 Å². The van der Waals surface area contributed by atoms with Gasteiger partial charge in [-0.2, -0.15) is 0 Å². The van der Waals surface area contributed by atoms with Crippen molar-refractivity contribution >= 4 is 18.2 Å². The highest BCUT2D eigenvalue weighted by atomic mass is 16.7. The highest BCUT2D eigenvalue weighted by molar-refractivity contribution is 6.62. The monoisotopic (exact) mass is 401 g/mol. The summed E-state index contributed by atoms with van der Waals surface area (Å²) in [6, 6.07) is 10.8. The maximum absolute atomic E-state index is 6.16. The molecule has 3 nitrogen and oxygen atoms in total. The third kappa shape index (κ3) is 3.18. The molecular weight excluding hydrogens is 369 g/mol. The molecular formula is C26H32BNO2. The van der Waals surface area contributed by atoms with Gasteiger partial charge in [-0.05, 0) is 75.9 Å². The summed E-state index contributed by atoms with van der Waals surface area (Å²) < 4.78 is 12.3. The van der Waals surface area contributed by atoms with Crippen molar-refractivity contribution in [3.05, 3.63) is 65.4 Å². The molecule has 1 saturated heterocycles. The van der Waals surface area contributed by atoms with Crippen LogP contribution in [-0.2, 0) is 14.7 Å². The van der Waals surface area contributed by atoms with Crippen molar-refractivity contribution in [1.29, 1.82) is 0 Å². The van der Waals surface area contributed by atoms with E-state index in [2.05, 4.69) is 97.9 Å². The minimum absolute atomic E-state index is 0.00936. The number of benzene rings is 1. The van der Waals surface area contributed by atoms with Gasteiger partial charge in [0.05, 0.1) is 16.9 Å². The smallest absolute Gasteiger partial charge is 0.399 e. The van der Waals surface area contributed by atoms with Crippen LogP contribution in [-0.4, -0.2) is 23.3 Å². The first kappa shape index (κ1) is 21.1.